The first-order chi connectivity index (χ1) is 18.1. The van der Waals surface area contributed by atoms with Crippen molar-refractivity contribution < 1.29 is 23.0 Å². The largest absolute Gasteiger partial charge is 0.493 e. The maximum absolute atomic E-state index is 11.2. The Morgan fingerprint density at radius 1 is 1.18 bits per heavy atom. The first-order valence-corrected chi connectivity index (χ1v) is 12.9. The summed E-state index contributed by atoms with van der Waals surface area (Å²) in [6.45, 7) is 8.60. The zero-order chi connectivity index (χ0) is 29.0. The van der Waals surface area contributed by atoms with Gasteiger partial charge < -0.3 is 15.2 Å². The van der Waals surface area contributed by atoms with Gasteiger partial charge in [-0.15, -0.1) is 12.8 Å². The summed E-state index contributed by atoms with van der Waals surface area (Å²) < 4.78 is 39.7. The number of nitrogens with zero attached hydrogens (tertiary/aromatic N) is 1. The predicted octanol–water partition coefficient (Wildman–Crippen LogP) is 8.38. The number of allylic oxidation sites excluding steroid dienone is 3. The number of anilines is 1. The van der Waals surface area contributed by atoms with Crippen molar-refractivity contribution >= 4 is 5.82 Å². The molecule has 2 rings (SSSR count). The van der Waals surface area contributed by atoms with E-state index in [4.69, 9.17) is 4.74 Å². The molecule has 1 atom stereocenters. The Morgan fingerprint density at radius 3 is 2.47 bits per heavy atom. The van der Waals surface area contributed by atoms with Gasteiger partial charge in [-0.1, -0.05) is 62.3 Å². The van der Waals surface area contributed by atoms with Gasteiger partial charge in [0.05, 0.1) is 12.7 Å². The number of aliphatic hydroxyl groups excluding tert-OH is 1. The number of pyridine rings is 1. The number of rotatable bonds is 12. The molecule has 0 saturated carbocycles. The van der Waals surface area contributed by atoms with Crippen molar-refractivity contribution in [1.82, 2.24) is 4.98 Å². The van der Waals surface area contributed by atoms with Crippen LogP contribution < -0.4 is 10.1 Å². The Kier molecular flexibility index (Phi) is 18.1. The van der Waals surface area contributed by atoms with Crippen molar-refractivity contribution in [3.63, 3.8) is 0 Å². The molecule has 210 valence electrons. The van der Waals surface area contributed by atoms with Gasteiger partial charge in [-0.25, -0.2) is 4.98 Å². The minimum absolute atomic E-state index is 0.253. The molecule has 4 nitrogen and oxygen atoms in total. The zero-order valence-electron chi connectivity index (χ0n) is 23.3. The van der Waals surface area contributed by atoms with Crippen molar-refractivity contribution in [3.8, 4) is 18.6 Å². The third-order valence-corrected chi connectivity index (χ3v) is 5.49. The fourth-order valence-electron chi connectivity index (χ4n) is 3.57. The molecule has 1 aromatic heterocycles. The monoisotopic (exact) mass is 532 g/mol. The van der Waals surface area contributed by atoms with Crippen LogP contribution in [0.3, 0.4) is 0 Å². The second-order valence-corrected chi connectivity index (χ2v) is 8.57. The summed E-state index contributed by atoms with van der Waals surface area (Å²) in [6.07, 6.45) is 14.3. The lowest BCUT2D eigenvalue weighted by Gasteiger charge is -2.18. The van der Waals surface area contributed by atoms with E-state index in [-0.39, 0.29) is 6.42 Å². The molecule has 1 aromatic carbocycles. The SMILES string of the molecule is C#C.CC/C=C(C)\C=C/CCOc1cccc(C(O)Cc2cccnc2NC)c1C.CCCCC(F)(F)F. The maximum atomic E-state index is 11.2. The number of terminal acetylenes is 1. The van der Waals surface area contributed by atoms with E-state index in [2.05, 4.69) is 55.2 Å². The van der Waals surface area contributed by atoms with Gasteiger partial charge in [0.15, 0.2) is 0 Å². The Bertz CT molecular complexity index is 998. The lowest BCUT2D eigenvalue weighted by atomic mass is 9.97. The molecule has 0 aliphatic rings. The van der Waals surface area contributed by atoms with Crippen molar-refractivity contribution in [1.29, 1.82) is 0 Å². The first-order valence-electron chi connectivity index (χ1n) is 12.9. The highest BCUT2D eigenvalue weighted by molar-refractivity contribution is 5.45. The van der Waals surface area contributed by atoms with Crippen LogP contribution in [-0.4, -0.2) is 29.9 Å². The number of ether oxygens (including phenoxy) is 1. The molecule has 7 heteroatoms. The van der Waals surface area contributed by atoms with Gasteiger partial charge in [-0.05, 0) is 61.9 Å². The normalized spacial score (nSPS) is 12.1. The molecule has 0 aliphatic heterocycles. The Hall–Kier alpha value is -3.24. The molecular formula is C31H43F3N2O2. The Labute approximate surface area is 227 Å². The maximum Gasteiger partial charge on any atom is 0.389 e. The van der Waals surface area contributed by atoms with Crippen LogP contribution in [0.2, 0.25) is 0 Å². The molecular weight excluding hydrogens is 489 g/mol. The van der Waals surface area contributed by atoms with Gasteiger partial charge in [-0.3, -0.25) is 0 Å². The number of hydrogen-bond donors (Lipinski definition) is 2. The van der Waals surface area contributed by atoms with Gasteiger partial charge in [0.2, 0.25) is 0 Å². The van der Waals surface area contributed by atoms with E-state index in [0.29, 0.717) is 19.4 Å². The van der Waals surface area contributed by atoms with E-state index >= 15 is 0 Å². The number of alkyl halides is 3. The number of aromatic nitrogens is 1. The molecule has 1 unspecified atom stereocenters. The smallest absolute Gasteiger partial charge is 0.389 e. The molecule has 2 N–H and O–H groups in total. The number of aliphatic hydroxyl groups is 1. The highest BCUT2D eigenvalue weighted by Gasteiger charge is 2.25. The van der Waals surface area contributed by atoms with E-state index in [1.807, 2.05) is 44.3 Å². The summed E-state index contributed by atoms with van der Waals surface area (Å²) in [4.78, 5) is 4.31. The van der Waals surface area contributed by atoms with Gasteiger partial charge in [0, 0.05) is 26.1 Å². The number of benzene rings is 1. The molecule has 0 radical (unpaired) electrons. The van der Waals surface area contributed by atoms with Gasteiger partial charge in [-0.2, -0.15) is 13.2 Å². The molecule has 0 aliphatic carbocycles. The van der Waals surface area contributed by atoms with Crippen molar-refractivity contribution in [3.05, 3.63) is 77.0 Å². The molecule has 1 heterocycles. The quantitative estimate of drug-likeness (QED) is 0.164. The lowest BCUT2D eigenvalue weighted by molar-refractivity contribution is -0.135. The lowest BCUT2D eigenvalue weighted by Crippen LogP contribution is -2.08. The van der Waals surface area contributed by atoms with E-state index in [1.54, 1.807) is 13.1 Å². The van der Waals surface area contributed by atoms with Crippen LogP contribution in [0, 0.1) is 19.8 Å². The molecule has 2 aromatic rings. The van der Waals surface area contributed by atoms with E-state index in [9.17, 15) is 18.3 Å². The van der Waals surface area contributed by atoms with Crippen molar-refractivity contribution in [2.75, 3.05) is 19.0 Å². The highest BCUT2D eigenvalue weighted by atomic mass is 19.4. The fourth-order valence-corrected chi connectivity index (χ4v) is 3.57. The molecule has 0 spiro atoms. The second kappa shape index (κ2) is 19.8. The third-order valence-electron chi connectivity index (χ3n) is 5.49. The van der Waals surface area contributed by atoms with Crippen LogP contribution in [0.5, 0.6) is 5.75 Å². The van der Waals surface area contributed by atoms with Crippen LogP contribution in [0.1, 0.15) is 75.7 Å². The number of hydrogen-bond acceptors (Lipinski definition) is 4. The summed E-state index contributed by atoms with van der Waals surface area (Å²) in [6, 6.07) is 9.73. The summed E-state index contributed by atoms with van der Waals surface area (Å²) in [5.41, 5.74) is 4.14. The number of unbranched alkanes of at least 4 members (excludes halogenated alkanes) is 1. The molecule has 0 amide bonds. The van der Waals surface area contributed by atoms with Crippen molar-refractivity contribution in [2.24, 2.45) is 0 Å². The van der Waals surface area contributed by atoms with E-state index < -0.39 is 18.7 Å². The van der Waals surface area contributed by atoms with Gasteiger partial charge in [0.25, 0.3) is 0 Å². The van der Waals surface area contributed by atoms with Crippen molar-refractivity contribution in [2.45, 2.75) is 78.5 Å². The number of nitrogens with one attached hydrogen (secondary N) is 1. The molecule has 0 saturated heterocycles. The average molecular weight is 533 g/mol. The van der Waals surface area contributed by atoms with Crippen LogP contribution >= 0.6 is 0 Å². The van der Waals surface area contributed by atoms with Gasteiger partial charge >= 0.3 is 6.18 Å². The van der Waals surface area contributed by atoms with Crippen LogP contribution in [0.4, 0.5) is 19.0 Å². The minimum Gasteiger partial charge on any atom is -0.493 e. The van der Waals surface area contributed by atoms with E-state index in [0.717, 1.165) is 41.1 Å². The van der Waals surface area contributed by atoms with E-state index in [1.165, 1.54) is 5.57 Å². The standard InChI is InChI=1S/C24H32N2O2.C5H9F3.C2H2/c1-5-10-18(2)11-6-7-16-28-23-14-8-13-21(19(23)3)22(27)17-20-12-9-15-26-24(20)25-4;1-2-3-4-5(6,7)8;1-2/h6,8-15,22,27H,5,7,16-17H2,1-4H3,(H,25,26);2-4H2,1H3;1-2H/b11-6-,18-10-;;. The van der Waals surface area contributed by atoms with Crippen LogP contribution in [-0.2, 0) is 6.42 Å². The highest BCUT2D eigenvalue weighted by Crippen LogP contribution is 2.29. The van der Waals surface area contributed by atoms with Gasteiger partial charge in [0.1, 0.15) is 11.6 Å². The molecule has 0 bridgehead atoms. The van der Waals surface area contributed by atoms with Crippen LogP contribution in [0.25, 0.3) is 0 Å². The second-order valence-electron chi connectivity index (χ2n) is 8.57. The number of halogens is 3. The average Bonchev–Trinajstić information content (AvgIpc) is 2.89. The van der Waals surface area contributed by atoms with Crippen LogP contribution in [0.15, 0.2) is 60.3 Å². The molecule has 0 fully saturated rings. The minimum atomic E-state index is -3.95. The summed E-state index contributed by atoms with van der Waals surface area (Å²) in [5, 5.41) is 13.9. The Balaban J connectivity index is 0.00000117. The Morgan fingerprint density at radius 2 is 1.89 bits per heavy atom. The third kappa shape index (κ3) is 14.5. The fraction of sp³-hybridized carbons (Fsp3) is 0.452. The predicted molar refractivity (Wildman–Crippen MR) is 152 cm³/mol. The topological polar surface area (TPSA) is 54.4 Å². The summed E-state index contributed by atoms with van der Waals surface area (Å²) in [7, 11) is 1.84. The zero-order valence-corrected chi connectivity index (χ0v) is 23.3. The summed E-state index contributed by atoms with van der Waals surface area (Å²) >= 11 is 0. The summed E-state index contributed by atoms with van der Waals surface area (Å²) in [5.74, 6) is 1.62. The first kappa shape index (κ1) is 34.8. The molecule has 38 heavy (non-hydrogen) atoms.